The fraction of sp³-hybridized carbons (Fsp3) is 0.917. The molecule has 0 atom stereocenters. The molecule has 2 fully saturated rings. The van der Waals surface area contributed by atoms with Gasteiger partial charge in [0, 0.05) is 25.7 Å². The molecule has 0 unspecified atom stereocenters. The van der Waals surface area contributed by atoms with Crippen LogP contribution in [0.5, 0.6) is 0 Å². The first-order valence-electron chi connectivity index (χ1n) is 6.71. The highest BCUT2D eigenvalue weighted by Gasteiger charge is 2.14. The van der Waals surface area contributed by atoms with Crippen molar-refractivity contribution in [1.29, 1.82) is 0 Å². The van der Waals surface area contributed by atoms with Gasteiger partial charge in [-0.2, -0.15) is 0 Å². The van der Waals surface area contributed by atoms with E-state index in [9.17, 15) is 0 Å². The molecule has 1 saturated heterocycles. The molecule has 2 rings (SSSR count). The van der Waals surface area contributed by atoms with Crippen molar-refractivity contribution in [3.05, 3.63) is 0 Å². The van der Waals surface area contributed by atoms with Crippen molar-refractivity contribution in [3.8, 4) is 0 Å². The summed E-state index contributed by atoms with van der Waals surface area (Å²) < 4.78 is 5.30. The van der Waals surface area contributed by atoms with Crippen LogP contribution in [0.3, 0.4) is 0 Å². The largest absolute Gasteiger partial charge is 0.379 e. The molecule has 0 radical (unpaired) electrons. The Kier molecular flexibility index (Phi) is 5.07. The van der Waals surface area contributed by atoms with E-state index in [2.05, 4.69) is 15.2 Å². The summed E-state index contributed by atoms with van der Waals surface area (Å²) in [6.45, 7) is 5.50. The van der Waals surface area contributed by atoms with E-state index in [0.29, 0.717) is 12.0 Å². The third kappa shape index (κ3) is 4.52. The Bertz CT molecular complexity index is 245. The maximum absolute atomic E-state index is 5.86. The zero-order valence-electron chi connectivity index (χ0n) is 10.5. The number of ether oxygens (including phenoxy) is 1. The minimum atomic E-state index is 0.558. The Hall–Kier alpha value is -0.810. The first-order chi connectivity index (χ1) is 8.34. The second kappa shape index (κ2) is 6.81. The number of hydrogen-bond donors (Lipinski definition) is 2. The molecule has 0 amide bonds. The average molecular weight is 240 g/mol. The Morgan fingerprint density at radius 1 is 1.29 bits per heavy atom. The van der Waals surface area contributed by atoms with Crippen LogP contribution in [0.25, 0.3) is 0 Å². The average Bonchev–Trinajstić information content (AvgIpc) is 2.83. The SMILES string of the molecule is NC(=NCCN1CCOCC1)NC1CCCC1. The van der Waals surface area contributed by atoms with E-state index < -0.39 is 0 Å². The lowest BCUT2D eigenvalue weighted by atomic mass is 10.2. The van der Waals surface area contributed by atoms with Crippen LogP contribution in [0, 0.1) is 0 Å². The van der Waals surface area contributed by atoms with Gasteiger partial charge in [0.1, 0.15) is 0 Å². The number of nitrogens with one attached hydrogen (secondary N) is 1. The molecule has 0 spiro atoms. The van der Waals surface area contributed by atoms with Gasteiger partial charge in [-0.25, -0.2) is 0 Å². The molecule has 1 aliphatic heterocycles. The molecule has 0 aromatic heterocycles. The maximum atomic E-state index is 5.86. The molecule has 2 aliphatic rings. The van der Waals surface area contributed by atoms with Crippen molar-refractivity contribution in [3.63, 3.8) is 0 Å². The van der Waals surface area contributed by atoms with Gasteiger partial charge in [-0.05, 0) is 12.8 Å². The van der Waals surface area contributed by atoms with Gasteiger partial charge in [0.15, 0.2) is 5.96 Å². The molecular weight excluding hydrogens is 216 g/mol. The summed E-state index contributed by atoms with van der Waals surface area (Å²) in [5.74, 6) is 0.616. The van der Waals surface area contributed by atoms with Gasteiger partial charge in [0.25, 0.3) is 0 Å². The van der Waals surface area contributed by atoms with E-state index in [1.165, 1.54) is 25.7 Å². The number of nitrogens with zero attached hydrogens (tertiary/aromatic N) is 2. The molecule has 0 aromatic carbocycles. The summed E-state index contributed by atoms with van der Waals surface area (Å²) in [5, 5.41) is 3.30. The molecule has 0 bridgehead atoms. The number of hydrogen-bond acceptors (Lipinski definition) is 3. The van der Waals surface area contributed by atoms with Crippen molar-refractivity contribution < 1.29 is 4.74 Å². The lowest BCUT2D eigenvalue weighted by Crippen LogP contribution is -2.40. The molecule has 17 heavy (non-hydrogen) atoms. The summed E-state index contributed by atoms with van der Waals surface area (Å²) in [7, 11) is 0. The van der Waals surface area contributed by atoms with E-state index >= 15 is 0 Å². The number of guanidine groups is 1. The van der Waals surface area contributed by atoms with Crippen LogP contribution in [0.1, 0.15) is 25.7 Å². The van der Waals surface area contributed by atoms with Gasteiger partial charge >= 0.3 is 0 Å². The predicted molar refractivity (Wildman–Crippen MR) is 69.1 cm³/mol. The first-order valence-corrected chi connectivity index (χ1v) is 6.71. The topological polar surface area (TPSA) is 62.9 Å². The van der Waals surface area contributed by atoms with Crippen LogP contribution in [0.2, 0.25) is 0 Å². The Morgan fingerprint density at radius 3 is 2.71 bits per heavy atom. The molecule has 5 nitrogen and oxygen atoms in total. The molecule has 1 saturated carbocycles. The number of morpholine rings is 1. The third-order valence-electron chi connectivity index (χ3n) is 3.51. The molecule has 3 N–H and O–H groups in total. The van der Waals surface area contributed by atoms with Gasteiger partial charge in [-0.1, -0.05) is 12.8 Å². The summed E-state index contributed by atoms with van der Waals surface area (Å²) in [6.07, 6.45) is 5.11. The van der Waals surface area contributed by atoms with Crippen molar-refractivity contribution >= 4 is 5.96 Å². The summed E-state index contributed by atoms with van der Waals surface area (Å²) in [6, 6.07) is 0.558. The minimum Gasteiger partial charge on any atom is -0.379 e. The lowest BCUT2D eigenvalue weighted by molar-refractivity contribution is 0.0394. The van der Waals surface area contributed by atoms with E-state index in [4.69, 9.17) is 10.5 Å². The first kappa shape index (κ1) is 12.6. The highest BCUT2D eigenvalue weighted by Crippen LogP contribution is 2.17. The number of aliphatic imine (C=N–C) groups is 1. The van der Waals surface area contributed by atoms with E-state index in [0.717, 1.165) is 39.4 Å². The monoisotopic (exact) mass is 240 g/mol. The third-order valence-corrected chi connectivity index (χ3v) is 3.51. The van der Waals surface area contributed by atoms with Crippen molar-refractivity contribution in [2.75, 3.05) is 39.4 Å². The van der Waals surface area contributed by atoms with Crippen molar-refractivity contribution in [1.82, 2.24) is 10.2 Å². The molecule has 1 aliphatic carbocycles. The highest BCUT2D eigenvalue weighted by molar-refractivity contribution is 5.78. The normalized spacial score (nSPS) is 24.1. The fourth-order valence-corrected chi connectivity index (χ4v) is 2.46. The second-order valence-corrected chi connectivity index (χ2v) is 4.85. The van der Waals surface area contributed by atoms with Crippen LogP contribution in [0.15, 0.2) is 4.99 Å². The Morgan fingerprint density at radius 2 is 2.00 bits per heavy atom. The molecule has 98 valence electrons. The van der Waals surface area contributed by atoms with Crippen molar-refractivity contribution in [2.45, 2.75) is 31.7 Å². The van der Waals surface area contributed by atoms with Crippen molar-refractivity contribution in [2.24, 2.45) is 10.7 Å². The molecule has 0 aromatic rings. The number of nitrogens with two attached hydrogens (primary N) is 1. The summed E-state index contributed by atoms with van der Waals surface area (Å²) in [5.41, 5.74) is 5.86. The standard InChI is InChI=1S/C12H24N4O/c13-12(15-11-3-1-2-4-11)14-5-6-16-7-9-17-10-8-16/h11H,1-10H2,(H3,13,14,15). The summed E-state index contributed by atoms with van der Waals surface area (Å²) >= 11 is 0. The minimum absolute atomic E-state index is 0.558. The Balaban J connectivity index is 1.61. The lowest BCUT2D eigenvalue weighted by Gasteiger charge is -2.25. The predicted octanol–water partition coefficient (Wildman–Crippen LogP) is 0.166. The van der Waals surface area contributed by atoms with E-state index in [-0.39, 0.29) is 0 Å². The maximum Gasteiger partial charge on any atom is 0.188 e. The summed E-state index contributed by atoms with van der Waals surface area (Å²) in [4.78, 5) is 6.75. The molecule has 5 heteroatoms. The number of rotatable bonds is 4. The van der Waals surface area contributed by atoms with Crippen LogP contribution in [0.4, 0.5) is 0 Å². The zero-order valence-corrected chi connectivity index (χ0v) is 10.5. The van der Waals surface area contributed by atoms with E-state index in [1.807, 2.05) is 0 Å². The van der Waals surface area contributed by atoms with Crippen LogP contribution < -0.4 is 11.1 Å². The van der Waals surface area contributed by atoms with E-state index in [1.54, 1.807) is 0 Å². The smallest absolute Gasteiger partial charge is 0.188 e. The molecular formula is C12H24N4O. The van der Waals surface area contributed by atoms with Crippen LogP contribution in [-0.4, -0.2) is 56.3 Å². The van der Waals surface area contributed by atoms with Gasteiger partial charge < -0.3 is 15.8 Å². The van der Waals surface area contributed by atoms with Gasteiger partial charge in [-0.15, -0.1) is 0 Å². The quantitative estimate of drug-likeness (QED) is 0.543. The van der Waals surface area contributed by atoms with Crippen LogP contribution >= 0.6 is 0 Å². The fourth-order valence-electron chi connectivity index (χ4n) is 2.46. The zero-order chi connectivity index (χ0) is 11.9. The van der Waals surface area contributed by atoms with Gasteiger partial charge in [0.05, 0.1) is 19.8 Å². The van der Waals surface area contributed by atoms with Crippen LogP contribution in [-0.2, 0) is 4.74 Å². The van der Waals surface area contributed by atoms with Gasteiger partial charge in [0.2, 0.25) is 0 Å². The Labute approximate surface area is 103 Å². The second-order valence-electron chi connectivity index (χ2n) is 4.85. The van der Waals surface area contributed by atoms with Gasteiger partial charge in [-0.3, -0.25) is 9.89 Å². The highest BCUT2D eigenvalue weighted by atomic mass is 16.5. The molecule has 1 heterocycles.